The van der Waals surface area contributed by atoms with Crippen LogP contribution in [0.25, 0.3) is 11.1 Å². The standard InChI is InChI=1S/C22H20N2O3S/c1-15-11-12-17(26-15)13-24(2)21(25)18-8-4-3-7-16(18)14-28-22-23-19-9-5-6-10-20(19)27-22/h3-12H,13-14H2,1-2H3. The van der Waals surface area contributed by atoms with Crippen LogP contribution >= 0.6 is 11.8 Å². The molecule has 1 amide bonds. The number of fused-ring (bicyclic) bond motifs is 1. The van der Waals surface area contributed by atoms with Gasteiger partial charge in [-0.25, -0.2) is 4.98 Å². The molecule has 4 aromatic rings. The Labute approximate surface area is 167 Å². The molecule has 0 aliphatic rings. The zero-order valence-corrected chi connectivity index (χ0v) is 16.5. The van der Waals surface area contributed by atoms with Gasteiger partial charge in [-0.05, 0) is 42.8 Å². The average molecular weight is 392 g/mol. The third-order valence-electron chi connectivity index (χ3n) is 4.41. The van der Waals surface area contributed by atoms with E-state index < -0.39 is 0 Å². The number of aryl methyl sites for hydroxylation is 1. The Morgan fingerprint density at radius 2 is 1.82 bits per heavy atom. The van der Waals surface area contributed by atoms with Crippen molar-refractivity contribution in [3.05, 3.63) is 83.3 Å². The van der Waals surface area contributed by atoms with Crippen molar-refractivity contribution < 1.29 is 13.6 Å². The number of carbonyl (C=O) groups is 1. The third-order valence-corrected chi connectivity index (χ3v) is 5.29. The van der Waals surface area contributed by atoms with Crippen LogP contribution in [0.4, 0.5) is 0 Å². The third kappa shape index (κ3) is 3.97. The maximum atomic E-state index is 13.0. The molecule has 2 heterocycles. The molecule has 6 heteroatoms. The Bertz CT molecular complexity index is 1080. The summed E-state index contributed by atoms with van der Waals surface area (Å²) in [4.78, 5) is 19.1. The molecule has 0 unspecified atom stereocenters. The second-order valence-electron chi connectivity index (χ2n) is 6.57. The highest BCUT2D eigenvalue weighted by Gasteiger charge is 2.17. The van der Waals surface area contributed by atoms with Gasteiger partial charge in [-0.1, -0.05) is 42.1 Å². The van der Waals surface area contributed by atoms with Gasteiger partial charge in [-0.15, -0.1) is 0 Å². The number of para-hydroxylation sites is 2. The lowest BCUT2D eigenvalue weighted by atomic mass is 10.1. The highest BCUT2D eigenvalue weighted by Crippen LogP contribution is 2.27. The van der Waals surface area contributed by atoms with Gasteiger partial charge in [0.2, 0.25) is 0 Å². The molecule has 0 N–H and O–H groups in total. The Hall–Kier alpha value is -2.99. The first kappa shape index (κ1) is 18.4. The fourth-order valence-electron chi connectivity index (χ4n) is 2.99. The van der Waals surface area contributed by atoms with E-state index in [9.17, 15) is 4.79 Å². The molecule has 0 aliphatic heterocycles. The highest BCUT2D eigenvalue weighted by atomic mass is 32.2. The van der Waals surface area contributed by atoms with Gasteiger partial charge in [0.25, 0.3) is 11.1 Å². The van der Waals surface area contributed by atoms with Crippen molar-refractivity contribution in [2.24, 2.45) is 0 Å². The zero-order chi connectivity index (χ0) is 19.5. The number of oxazole rings is 1. The van der Waals surface area contributed by atoms with Gasteiger partial charge in [-0.3, -0.25) is 4.79 Å². The largest absolute Gasteiger partial charge is 0.464 e. The van der Waals surface area contributed by atoms with Gasteiger partial charge in [0.05, 0.1) is 6.54 Å². The van der Waals surface area contributed by atoms with Crippen LogP contribution in [0, 0.1) is 6.92 Å². The first-order valence-corrected chi connectivity index (χ1v) is 9.96. The second kappa shape index (κ2) is 7.94. The molecule has 4 rings (SSSR count). The fraction of sp³-hybridized carbons (Fsp3) is 0.182. The summed E-state index contributed by atoms with van der Waals surface area (Å²) in [5.41, 5.74) is 3.23. The molecule has 2 aromatic heterocycles. The van der Waals surface area contributed by atoms with Crippen molar-refractivity contribution in [3.63, 3.8) is 0 Å². The molecule has 0 atom stereocenters. The number of aromatic nitrogens is 1. The SMILES string of the molecule is Cc1ccc(CN(C)C(=O)c2ccccc2CSc2nc3ccccc3o2)o1. The summed E-state index contributed by atoms with van der Waals surface area (Å²) in [7, 11) is 1.78. The molecule has 5 nitrogen and oxygen atoms in total. The zero-order valence-electron chi connectivity index (χ0n) is 15.7. The summed E-state index contributed by atoms with van der Waals surface area (Å²) in [6.07, 6.45) is 0. The highest BCUT2D eigenvalue weighted by molar-refractivity contribution is 7.98. The molecule has 2 aromatic carbocycles. The van der Waals surface area contributed by atoms with E-state index in [2.05, 4.69) is 4.98 Å². The molecule has 28 heavy (non-hydrogen) atoms. The molecule has 0 aliphatic carbocycles. The summed E-state index contributed by atoms with van der Waals surface area (Å²) in [5, 5.41) is 0.600. The van der Waals surface area contributed by atoms with E-state index in [1.54, 1.807) is 11.9 Å². The summed E-state index contributed by atoms with van der Waals surface area (Å²) in [5.74, 6) is 2.17. The Morgan fingerprint density at radius 1 is 1.04 bits per heavy atom. The molecule has 0 fully saturated rings. The van der Waals surface area contributed by atoms with E-state index in [1.165, 1.54) is 11.8 Å². The van der Waals surface area contributed by atoms with Crippen LogP contribution in [0.3, 0.4) is 0 Å². The maximum Gasteiger partial charge on any atom is 0.257 e. The van der Waals surface area contributed by atoms with E-state index in [0.29, 0.717) is 23.1 Å². The van der Waals surface area contributed by atoms with Gasteiger partial charge in [0.1, 0.15) is 17.0 Å². The second-order valence-corrected chi connectivity index (χ2v) is 7.49. The quantitative estimate of drug-likeness (QED) is 0.417. The van der Waals surface area contributed by atoms with Gasteiger partial charge in [0, 0.05) is 18.4 Å². The van der Waals surface area contributed by atoms with Crippen LogP contribution in [0.15, 0.2) is 74.7 Å². The van der Waals surface area contributed by atoms with Crippen molar-refractivity contribution in [1.82, 2.24) is 9.88 Å². The van der Waals surface area contributed by atoms with Gasteiger partial charge < -0.3 is 13.7 Å². The molecule has 0 radical (unpaired) electrons. The molecular formula is C22H20N2O3S. The topological polar surface area (TPSA) is 59.5 Å². The van der Waals surface area contributed by atoms with E-state index >= 15 is 0 Å². The van der Waals surface area contributed by atoms with Crippen molar-refractivity contribution in [3.8, 4) is 0 Å². The smallest absolute Gasteiger partial charge is 0.257 e. The first-order valence-electron chi connectivity index (χ1n) is 8.97. The van der Waals surface area contributed by atoms with Crippen LogP contribution in [-0.4, -0.2) is 22.8 Å². The average Bonchev–Trinajstić information content (AvgIpc) is 3.31. The normalized spacial score (nSPS) is 11.1. The van der Waals surface area contributed by atoms with Crippen LogP contribution in [0.5, 0.6) is 0 Å². The monoisotopic (exact) mass is 392 g/mol. The van der Waals surface area contributed by atoms with E-state index in [0.717, 1.165) is 28.2 Å². The molecule has 0 saturated heterocycles. The first-order chi connectivity index (χ1) is 13.6. The Balaban J connectivity index is 1.48. The number of hydrogen-bond acceptors (Lipinski definition) is 5. The van der Waals surface area contributed by atoms with Crippen molar-refractivity contribution in [2.45, 2.75) is 24.4 Å². The lowest BCUT2D eigenvalue weighted by Gasteiger charge is -2.17. The number of carbonyl (C=O) groups excluding carboxylic acids is 1. The number of furan rings is 1. The van der Waals surface area contributed by atoms with E-state index in [-0.39, 0.29) is 5.91 Å². The van der Waals surface area contributed by atoms with Crippen molar-refractivity contribution in [1.29, 1.82) is 0 Å². The predicted octanol–water partition coefficient (Wildman–Crippen LogP) is 5.29. The number of nitrogens with zero attached hydrogens (tertiary/aromatic N) is 2. The molecule has 0 bridgehead atoms. The Morgan fingerprint density at radius 3 is 2.61 bits per heavy atom. The lowest BCUT2D eigenvalue weighted by molar-refractivity contribution is 0.0774. The van der Waals surface area contributed by atoms with Crippen LogP contribution in [-0.2, 0) is 12.3 Å². The molecular weight excluding hydrogens is 372 g/mol. The lowest BCUT2D eigenvalue weighted by Crippen LogP contribution is -2.26. The minimum absolute atomic E-state index is 0.0391. The molecule has 0 saturated carbocycles. The number of benzene rings is 2. The minimum atomic E-state index is -0.0391. The summed E-state index contributed by atoms with van der Waals surface area (Å²) in [6.45, 7) is 2.32. The maximum absolute atomic E-state index is 13.0. The van der Waals surface area contributed by atoms with E-state index in [4.69, 9.17) is 8.83 Å². The minimum Gasteiger partial charge on any atom is -0.464 e. The summed E-state index contributed by atoms with van der Waals surface area (Å²) < 4.78 is 11.3. The fourth-order valence-corrected chi connectivity index (χ4v) is 3.83. The number of thioether (sulfide) groups is 1. The van der Waals surface area contributed by atoms with Crippen LogP contribution < -0.4 is 0 Å². The van der Waals surface area contributed by atoms with Crippen molar-refractivity contribution >= 4 is 28.8 Å². The number of hydrogen-bond donors (Lipinski definition) is 0. The van der Waals surface area contributed by atoms with Gasteiger partial charge >= 0.3 is 0 Å². The van der Waals surface area contributed by atoms with Crippen LogP contribution in [0.1, 0.15) is 27.4 Å². The Kier molecular flexibility index (Phi) is 5.21. The summed E-state index contributed by atoms with van der Waals surface area (Å²) in [6, 6.07) is 19.1. The van der Waals surface area contributed by atoms with Crippen LogP contribution in [0.2, 0.25) is 0 Å². The molecule has 142 valence electrons. The number of amides is 1. The number of rotatable bonds is 6. The summed E-state index contributed by atoms with van der Waals surface area (Å²) >= 11 is 1.48. The predicted molar refractivity (Wildman–Crippen MR) is 109 cm³/mol. The van der Waals surface area contributed by atoms with Gasteiger partial charge in [-0.2, -0.15) is 0 Å². The van der Waals surface area contributed by atoms with E-state index in [1.807, 2.05) is 67.6 Å². The van der Waals surface area contributed by atoms with Crippen molar-refractivity contribution in [2.75, 3.05) is 7.05 Å². The van der Waals surface area contributed by atoms with Gasteiger partial charge in [0.15, 0.2) is 5.58 Å². The molecule has 0 spiro atoms.